The number of pyridine rings is 1. The summed E-state index contributed by atoms with van der Waals surface area (Å²) < 4.78 is 0. The second-order valence-corrected chi connectivity index (χ2v) is 6.56. The zero-order valence-electron chi connectivity index (χ0n) is 14.2. The lowest BCUT2D eigenvalue weighted by Crippen LogP contribution is -2.48. The fraction of sp³-hybridized carbons (Fsp3) is 0.294. The van der Waals surface area contributed by atoms with E-state index in [2.05, 4.69) is 30.6 Å². The molecule has 3 N–H and O–H groups in total. The molecule has 0 bridgehead atoms. The second-order valence-electron chi connectivity index (χ2n) is 6.13. The third kappa shape index (κ3) is 3.56. The first-order valence-corrected chi connectivity index (χ1v) is 8.31. The molecule has 7 nitrogen and oxygen atoms in total. The van der Waals surface area contributed by atoms with E-state index in [9.17, 15) is 4.79 Å². The monoisotopic (exact) mass is 358 g/mol. The van der Waals surface area contributed by atoms with Crippen molar-refractivity contribution in [1.82, 2.24) is 25.3 Å². The van der Waals surface area contributed by atoms with Gasteiger partial charge >= 0.3 is 0 Å². The number of rotatable bonds is 5. The fourth-order valence-electron chi connectivity index (χ4n) is 2.48. The number of aromatic nitrogens is 4. The van der Waals surface area contributed by atoms with E-state index in [-0.39, 0.29) is 5.91 Å². The SMILES string of the molecule is CCNC(=O)C(C)(C)Nc1ccnc(-c2c[nH]c3ncc(Cl)cc23)n1. The number of fused-ring (bicyclic) bond motifs is 1. The number of anilines is 1. The highest BCUT2D eigenvalue weighted by atomic mass is 35.5. The third-order valence-electron chi connectivity index (χ3n) is 3.74. The van der Waals surface area contributed by atoms with Crippen LogP contribution in [0.15, 0.2) is 30.7 Å². The third-order valence-corrected chi connectivity index (χ3v) is 3.95. The molecule has 0 spiro atoms. The Morgan fingerprint density at radius 1 is 1.36 bits per heavy atom. The maximum absolute atomic E-state index is 12.2. The van der Waals surface area contributed by atoms with E-state index >= 15 is 0 Å². The van der Waals surface area contributed by atoms with Crippen LogP contribution in [0.4, 0.5) is 5.82 Å². The Morgan fingerprint density at radius 3 is 2.92 bits per heavy atom. The summed E-state index contributed by atoms with van der Waals surface area (Å²) in [6.45, 7) is 6.05. The van der Waals surface area contributed by atoms with Crippen LogP contribution in [0, 0.1) is 0 Å². The van der Waals surface area contributed by atoms with Gasteiger partial charge in [-0.15, -0.1) is 0 Å². The Kier molecular flexibility index (Phi) is 4.59. The Hall–Kier alpha value is -2.67. The zero-order valence-corrected chi connectivity index (χ0v) is 15.0. The number of amides is 1. The average Bonchev–Trinajstić information content (AvgIpc) is 2.98. The van der Waals surface area contributed by atoms with Crippen LogP contribution in [0.1, 0.15) is 20.8 Å². The smallest absolute Gasteiger partial charge is 0.245 e. The normalized spacial score (nSPS) is 11.5. The molecule has 3 heterocycles. The minimum atomic E-state index is -0.799. The molecule has 0 radical (unpaired) electrons. The number of likely N-dealkylation sites (N-methyl/N-ethyl adjacent to an activating group) is 1. The maximum Gasteiger partial charge on any atom is 0.245 e. The average molecular weight is 359 g/mol. The van der Waals surface area contributed by atoms with E-state index in [4.69, 9.17) is 11.6 Å². The van der Waals surface area contributed by atoms with Gasteiger partial charge in [0, 0.05) is 36.1 Å². The summed E-state index contributed by atoms with van der Waals surface area (Å²) in [6.07, 6.45) is 5.02. The van der Waals surface area contributed by atoms with Gasteiger partial charge in [0.2, 0.25) is 5.91 Å². The lowest BCUT2D eigenvalue weighted by Gasteiger charge is -2.25. The maximum atomic E-state index is 12.2. The molecule has 0 aliphatic heterocycles. The fourth-order valence-corrected chi connectivity index (χ4v) is 2.64. The number of nitrogens with zero attached hydrogens (tertiary/aromatic N) is 3. The second kappa shape index (κ2) is 6.68. The number of hydrogen-bond acceptors (Lipinski definition) is 5. The predicted molar refractivity (Wildman–Crippen MR) is 98.5 cm³/mol. The first kappa shape index (κ1) is 17.2. The van der Waals surface area contributed by atoms with Crippen molar-refractivity contribution in [1.29, 1.82) is 0 Å². The van der Waals surface area contributed by atoms with Gasteiger partial charge in [0.15, 0.2) is 5.82 Å². The van der Waals surface area contributed by atoms with Crippen molar-refractivity contribution in [3.63, 3.8) is 0 Å². The highest BCUT2D eigenvalue weighted by molar-refractivity contribution is 6.31. The molecule has 0 saturated heterocycles. The highest BCUT2D eigenvalue weighted by Crippen LogP contribution is 2.27. The Morgan fingerprint density at radius 2 is 2.16 bits per heavy atom. The van der Waals surface area contributed by atoms with Gasteiger partial charge in [-0.3, -0.25) is 4.79 Å². The predicted octanol–water partition coefficient (Wildman–Crippen LogP) is 3.00. The summed E-state index contributed by atoms with van der Waals surface area (Å²) >= 11 is 6.04. The molecule has 25 heavy (non-hydrogen) atoms. The molecule has 3 aromatic heterocycles. The molecule has 0 atom stereocenters. The van der Waals surface area contributed by atoms with Gasteiger partial charge in [-0.25, -0.2) is 15.0 Å². The molecular formula is C17H19ClN6O. The van der Waals surface area contributed by atoms with E-state index in [0.29, 0.717) is 28.9 Å². The molecule has 1 amide bonds. The van der Waals surface area contributed by atoms with Crippen LogP contribution in [0.3, 0.4) is 0 Å². The lowest BCUT2D eigenvalue weighted by molar-refractivity contribution is -0.124. The Balaban J connectivity index is 1.93. The van der Waals surface area contributed by atoms with Gasteiger partial charge in [-0.2, -0.15) is 0 Å². The van der Waals surface area contributed by atoms with Gasteiger partial charge < -0.3 is 15.6 Å². The van der Waals surface area contributed by atoms with Crippen molar-refractivity contribution in [2.45, 2.75) is 26.3 Å². The van der Waals surface area contributed by atoms with E-state index in [0.717, 1.165) is 10.9 Å². The van der Waals surface area contributed by atoms with Gasteiger partial charge in [-0.1, -0.05) is 11.6 Å². The van der Waals surface area contributed by atoms with Crippen molar-refractivity contribution >= 4 is 34.4 Å². The number of carbonyl (C=O) groups is 1. The van der Waals surface area contributed by atoms with Gasteiger partial charge in [0.25, 0.3) is 0 Å². The summed E-state index contributed by atoms with van der Waals surface area (Å²) in [7, 11) is 0. The molecule has 0 aromatic carbocycles. The number of nitrogens with one attached hydrogen (secondary N) is 3. The Bertz CT molecular complexity index is 920. The highest BCUT2D eigenvalue weighted by Gasteiger charge is 2.27. The lowest BCUT2D eigenvalue weighted by atomic mass is 10.0. The molecule has 130 valence electrons. The number of halogens is 1. The molecule has 0 saturated carbocycles. The van der Waals surface area contributed by atoms with Crippen LogP contribution in [-0.2, 0) is 4.79 Å². The van der Waals surface area contributed by atoms with E-state index < -0.39 is 5.54 Å². The van der Waals surface area contributed by atoms with E-state index in [1.54, 1.807) is 38.5 Å². The van der Waals surface area contributed by atoms with Gasteiger partial charge in [0.1, 0.15) is 17.0 Å². The van der Waals surface area contributed by atoms with Crippen LogP contribution >= 0.6 is 11.6 Å². The number of carbonyl (C=O) groups excluding carboxylic acids is 1. The number of aromatic amines is 1. The first-order valence-electron chi connectivity index (χ1n) is 7.93. The Labute approximate surface area is 150 Å². The zero-order chi connectivity index (χ0) is 18.0. The largest absolute Gasteiger partial charge is 0.356 e. The van der Waals surface area contributed by atoms with Crippen LogP contribution in [0.5, 0.6) is 0 Å². The van der Waals surface area contributed by atoms with Gasteiger partial charge in [0.05, 0.1) is 5.02 Å². The first-order chi connectivity index (χ1) is 11.9. The number of H-pyrrole nitrogens is 1. The van der Waals surface area contributed by atoms with Crippen molar-refractivity contribution in [2.24, 2.45) is 0 Å². The van der Waals surface area contributed by atoms with Crippen molar-refractivity contribution in [3.8, 4) is 11.4 Å². The summed E-state index contributed by atoms with van der Waals surface area (Å²) in [5.74, 6) is 0.982. The van der Waals surface area contributed by atoms with Crippen molar-refractivity contribution < 1.29 is 4.79 Å². The van der Waals surface area contributed by atoms with Crippen LogP contribution in [0.25, 0.3) is 22.4 Å². The summed E-state index contributed by atoms with van der Waals surface area (Å²) in [5.41, 5.74) is 0.709. The van der Waals surface area contributed by atoms with Crippen molar-refractivity contribution in [2.75, 3.05) is 11.9 Å². The minimum absolute atomic E-state index is 0.0989. The van der Waals surface area contributed by atoms with Crippen LogP contribution < -0.4 is 10.6 Å². The molecule has 0 aliphatic rings. The molecule has 0 unspecified atom stereocenters. The molecule has 3 aromatic rings. The van der Waals surface area contributed by atoms with Crippen LogP contribution in [0.2, 0.25) is 5.02 Å². The van der Waals surface area contributed by atoms with Gasteiger partial charge in [-0.05, 0) is 32.9 Å². The molecular weight excluding hydrogens is 340 g/mol. The van der Waals surface area contributed by atoms with Crippen LogP contribution in [-0.4, -0.2) is 37.9 Å². The molecule has 8 heteroatoms. The minimum Gasteiger partial charge on any atom is -0.356 e. The topological polar surface area (TPSA) is 95.6 Å². The molecule has 0 aliphatic carbocycles. The van der Waals surface area contributed by atoms with E-state index in [1.807, 2.05) is 13.0 Å². The standard InChI is InChI=1S/C17H19ClN6O/c1-4-19-16(25)17(2,3)24-13-5-6-20-15(23-13)12-9-22-14-11(12)7-10(18)8-21-14/h5-9H,4H2,1-3H3,(H,19,25)(H,21,22)(H,20,23,24). The summed E-state index contributed by atoms with van der Waals surface area (Å²) in [4.78, 5) is 28.3. The molecule has 3 rings (SSSR count). The van der Waals surface area contributed by atoms with E-state index in [1.165, 1.54) is 0 Å². The van der Waals surface area contributed by atoms with Crippen molar-refractivity contribution in [3.05, 3.63) is 35.7 Å². The summed E-state index contributed by atoms with van der Waals surface area (Å²) in [5, 5.41) is 7.34. The quantitative estimate of drug-likeness (QED) is 0.651. The summed E-state index contributed by atoms with van der Waals surface area (Å²) in [6, 6.07) is 3.54. The molecule has 0 fully saturated rings. The number of hydrogen-bond donors (Lipinski definition) is 3.